The second-order valence-electron chi connectivity index (χ2n) is 9.00. The largest absolute Gasteiger partial charge is 0.382 e. The van der Waals surface area contributed by atoms with Crippen molar-refractivity contribution in [3.05, 3.63) is 70.8 Å². The lowest BCUT2D eigenvalue weighted by molar-refractivity contribution is -0.138. The Kier molecular flexibility index (Phi) is 8.61. The highest BCUT2D eigenvalue weighted by Crippen LogP contribution is 2.21. The van der Waals surface area contributed by atoms with E-state index < -0.39 is 39.6 Å². The molecule has 2 aromatic rings. The number of aliphatic hydroxyl groups is 1. The van der Waals surface area contributed by atoms with E-state index in [1.165, 1.54) is 12.1 Å². The van der Waals surface area contributed by atoms with Crippen LogP contribution in [-0.2, 0) is 21.2 Å². The van der Waals surface area contributed by atoms with E-state index >= 15 is 0 Å². The van der Waals surface area contributed by atoms with E-state index in [4.69, 9.17) is 0 Å². The van der Waals surface area contributed by atoms with Crippen molar-refractivity contribution in [2.75, 3.05) is 24.6 Å². The summed E-state index contributed by atoms with van der Waals surface area (Å²) in [5, 5.41) is 12.1. The molecule has 2 aromatic carbocycles. The number of halogens is 2. The highest BCUT2D eigenvalue weighted by atomic mass is 32.2. The lowest BCUT2D eigenvalue weighted by Gasteiger charge is -2.30. The molecule has 2 N–H and O–H groups in total. The van der Waals surface area contributed by atoms with Gasteiger partial charge in [-0.3, -0.25) is 14.5 Å². The average molecular weight is 519 g/mol. The zero-order valence-corrected chi connectivity index (χ0v) is 20.8. The molecule has 0 aliphatic carbocycles. The summed E-state index contributed by atoms with van der Waals surface area (Å²) in [6, 6.07) is 12.0. The second kappa shape index (κ2) is 11.3. The van der Waals surface area contributed by atoms with Crippen molar-refractivity contribution in [2.45, 2.75) is 38.5 Å². The lowest BCUT2D eigenvalue weighted by Crippen LogP contribution is -2.58. The van der Waals surface area contributed by atoms with Gasteiger partial charge in [-0.2, -0.15) is 0 Å². The molecule has 1 saturated heterocycles. The molecule has 0 saturated carbocycles. The van der Waals surface area contributed by atoms with Crippen molar-refractivity contribution in [3.63, 3.8) is 0 Å². The molecule has 1 heterocycles. The van der Waals surface area contributed by atoms with Gasteiger partial charge < -0.3 is 10.4 Å². The van der Waals surface area contributed by atoms with Gasteiger partial charge in [-0.15, -0.1) is 0 Å². The highest BCUT2D eigenvalue weighted by Gasteiger charge is 2.44. The number of benzene rings is 2. The van der Waals surface area contributed by atoms with Crippen molar-refractivity contribution in [2.24, 2.45) is 0 Å². The molecular formula is C26H28F2N2O5S. The summed E-state index contributed by atoms with van der Waals surface area (Å²) in [5.74, 6) is 4.83. The summed E-state index contributed by atoms with van der Waals surface area (Å²) in [4.78, 5) is 26.3. The third-order valence-corrected chi connectivity index (χ3v) is 7.61. The van der Waals surface area contributed by atoms with Gasteiger partial charge in [0, 0.05) is 36.3 Å². The van der Waals surface area contributed by atoms with Crippen LogP contribution in [0.2, 0.25) is 0 Å². The fourth-order valence-electron chi connectivity index (χ4n) is 3.71. The van der Waals surface area contributed by atoms with Gasteiger partial charge in [0.1, 0.15) is 11.6 Å². The molecule has 1 fully saturated rings. The predicted octanol–water partition coefficient (Wildman–Crippen LogP) is 2.02. The van der Waals surface area contributed by atoms with Crippen molar-refractivity contribution in [1.29, 1.82) is 0 Å². The van der Waals surface area contributed by atoms with Gasteiger partial charge in [0.2, 0.25) is 0 Å². The molecule has 36 heavy (non-hydrogen) atoms. The van der Waals surface area contributed by atoms with E-state index in [1.54, 1.807) is 12.1 Å². The molecule has 7 nitrogen and oxygen atoms in total. The molecule has 0 unspecified atom stereocenters. The predicted molar refractivity (Wildman–Crippen MR) is 131 cm³/mol. The van der Waals surface area contributed by atoms with E-state index in [-0.39, 0.29) is 17.1 Å². The molecule has 3 rings (SSSR count). The van der Waals surface area contributed by atoms with Crippen molar-refractivity contribution in [1.82, 2.24) is 10.2 Å². The smallest absolute Gasteiger partial charge is 0.269 e. The molecule has 1 aliphatic rings. The molecule has 2 atom stereocenters. The Labute approximate surface area is 209 Å². The SMILES string of the molecule is CC(=O)[C@@H](NC(=O)c1ccc(C#Cc2ccc(CN3CCS(=O)(=O)CC3)cc2)cc1)[C@](C)(O)C(F)F. The van der Waals surface area contributed by atoms with Crippen LogP contribution in [0, 0.1) is 11.8 Å². The number of carbonyl (C=O) groups excluding carboxylic acids is 2. The Balaban J connectivity index is 1.60. The summed E-state index contributed by atoms with van der Waals surface area (Å²) in [5.41, 5.74) is -0.110. The van der Waals surface area contributed by atoms with Gasteiger partial charge in [-0.05, 0) is 55.8 Å². The summed E-state index contributed by atoms with van der Waals surface area (Å²) < 4.78 is 49.3. The van der Waals surface area contributed by atoms with Gasteiger partial charge >= 0.3 is 0 Å². The normalized spacial score (nSPS) is 17.9. The maximum atomic E-state index is 13.1. The second-order valence-corrected chi connectivity index (χ2v) is 11.3. The molecule has 0 aromatic heterocycles. The Bertz CT molecular complexity index is 1250. The summed E-state index contributed by atoms with van der Waals surface area (Å²) in [6.45, 7) is 3.55. The van der Waals surface area contributed by atoms with Crippen molar-refractivity contribution >= 4 is 21.5 Å². The summed E-state index contributed by atoms with van der Waals surface area (Å²) in [7, 11) is -2.91. The molecule has 0 spiro atoms. The van der Waals surface area contributed by atoms with E-state index in [2.05, 4.69) is 22.1 Å². The molecular weight excluding hydrogens is 490 g/mol. The summed E-state index contributed by atoms with van der Waals surface area (Å²) >= 11 is 0. The standard InChI is InChI=1S/C26H28F2N2O5S/c1-18(31)23(26(2,33)25(27)28)29-24(32)22-11-9-20(10-12-22)4-3-19-5-7-21(8-6-19)17-30-13-15-36(34,35)16-14-30/h5-12,23,25,33H,13-17H2,1-2H3,(H,29,32)/t23-,26+/m1/s1. The molecule has 0 radical (unpaired) electrons. The van der Waals surface area contributed by atoms with Gasteiger partial charge in [-0.25, -0.2) is 17.2 Å². The first-order chi connectivity index (χ1) is 16.9. The van der Waals surface area contributed by atoms with Gasteiger partial charge in [0.25, 0.3) is 12.3 Å². The van der Waals surface area contributed by atoms with Crippen molar-refractivity contribution < 1.29 is 31.9 Å². The monoisotopic (exact) mass is 518 g/mol. The first-order valence-corrected chi connectivity index (χ1v) is 13.2. The maximum Gasteiger partial charge on any atom is 0.269 e. The Hall–Kier alpha value is -3.13. The number of nitrogens with one attached hydrogen (secondary N) is 1. The maximum absolute atomic E-state index is 13.1. The number of hydrogen-bond acceptors (Lipinski definition) is 6. The molecule has 10 heteroatoms. The van der Waals surface area contributed by atoms with Crippen LogP contribution in [0.25, 0.3) is 0 Å². The van der Waals surface area contributed by atoms with Crippen LogP contribution in [0.5, 0.6) is 0 Å². The van der Waals surface area contributed by atoms with E-state index in [0.717, 1.165) is 25.0 Å². The Morgan fingerprint density at radius 2 is 1.53 bits per heavy atom. The molecule has 0 bridgehead atoms. The molecule has 1 aliphatic heterocycles. The first kappa shape index (κ1) is 27.5. The number of alkyl halides is 2. The number of nitrogens with zero attached hydrogens (tertiary/aromatic N) is 1. The van der Waals surface area contributed by atoms with Crippen LogP contribution in [0.15, 0.2) is 48.5 Å². The van der Waals surface area contributed by atoms with Gasteiger partial charge in [0.15, 0.2) is 15.6 Å². The molecule has 192 valence electrons. The van der Waals surface area contributed by atoms with Crippen LogP contribution in [0.4, 0.5) is 8.78 Å². The number of amides is 1. The average Bonchev–Trinajstić information content (AvgIpc) is 2.83. The Morgan fingerprint density at radius 1 is 1.03 bits per heavy atom. The molecule has 1 amide bonds. The van der Waals surface area contributed by atoms with E-state index in [0.29, 0.717) is 25.2 Å². The third kappa shape index (κ3) is 7.20. The minimum Gasteiger partial charge on any atom is -0.382 e. The fraction of sp³-hybridized carbons (Fsp3) is 0.385. The number of ketones is 1. The number of sulfone groups is 1. The highest BCUT2D eigenvalue weighted by molar-refractivity contribution is 7.91. The van der Waals surface area contributed by atoms with Crippen LogP contribution >= 0.6 is 0 Å². The quantitative estimate of drug-likeness (QED) is 0.544. The van der Waals surface area contributed by atoms with Gasteiger partial charge in [0.05, 0.1) is 11.5 Å². The Morgan fingerprint density at radius 3 is 2.00 bits per heavy atom. The van der Waals surface area contributed by atoms with Crippen LogP contribution in [0.1, 0.15) is 40.9 Å². The lowest BCUT2D eigenvalue weighted by atomic mass is 9.93. The van der Waals surface area contributed by atoms with Crippen molar-refractivity contribution in [3.8, 4) is 11.8 Å². The fourth-order valence-corrected chi connectivity index (χ4v) is 4.99. The van der Waals surface area contributed by atoms with E-state index in [9.17, 15) is 31.9 Å². The number of rotatable bonds is 7. The number of hydrogen-bond donors (Lipinski definition) is 2. The van der Waals surface area contributed by atoms with E-state index in [1.807, 2.05) is 24.3 Å². The summed E-state index contributed by atoms with van der Waals surface area (Å²) in [6.07, 6.45) is -3.22. The first-order valence-electron chi connectivity index (χ1n) is 11.3. The minimum absolute atomic E-state index is 0.131. The van der Waals surface area contributed by atoms with Crippen LogP contribution < -0.4 is 5.32 Å². The number of carbonyl (C=O) groups is 2. The third-order valence-electron chi connectivity index (χ3n) is 6.00. The zero-order chi connectivity index (χ0) is 26.5. The minimum atomic E-state index is -3.22. The zero-order valence-electron chi connectivity index (χ0n) is 20.0. The number of Topliss-reactive ketones (excluding diaryl/α,β-unsaturated/α-hetero) is 1. The van der Waals surface area contributed by atoms with Gasteiger partial charge in [-0.1, -0.05) is 24.0 Å². The van der Waals surface area contributed by atoms with Crippen LogP contribution in [-0.4, -0.2) is 72.8 Å². The van der Waals surface area contributed by atoms with Crippen LogP contribution in [0.3, 0.4) is 0 Å². The topological polar surface area (TPSA) is 104 Å².